The van der Waals surface area contributed by atoms with Gasteiger partial charge in [-0.2, -0.15) is 0 Å². The van der Waals surface area contributed by atoms with Gasteiger partial charge < -0.3 is 0 Å². The zero-order chi connectivity index (χ0) is 12.2. The lowest BCUT2D eigenvalue weighted by Gasteiger charge is -2.06. The summed E-state index contributed by atoms with van der Waals surface area (Å²) in [7, 11) is -3.34. The molecule has 1 aromatic carbocycles. The van der Waals surface area contributed by atoms with E-state index in [2.05, 4.69) is 0 Å². The fourth-order valence-electron chi connectivity index (χ4n) is 0.886. The summed E-state index contributed by atoms with van der Waals surface area (Å²) in [6.45, 7) is 0. The molecule has 0 unspecified atom stereocenters. The Bertz CT molecular complexity index is 463. The third-order valence-corrected chi connectivity index (χ3v) is 5.63. The van der Waals surface area contributed by atoms with Gasteiger partial charge in [0.15, 0.2) is 0 Å². The van der Waals surface area contributed by atoms with Crippen LogP contribution in [0.4, 0.5) is 0 Å². The van der Waals surface area contributed by atoms with Gasteiger partial charge in [-0.25, -0.2) is 8.42 Å². The summed E-state index contributed by atoms with van der Waals surface area (Å²) in [6.07, 6.45) is 1.44. The van der Waals surface area contributed by atoms with Crippen LogP contribution in [-0.2, 0) is 8.87 Å². The van der Waals surface area contributed by atoms with E-state index in [-0.39, 0.29) is 10.8 Å². The number of rotatable bonds is 3. The zero-order valence-corrected chi connectivity index (χ0v) is 11.7. The van der Waals surface area contributed by atoms with Crippen LogP contribution in [0.3, 0.4) is 0 Å². The molecule has 0 heterocycles. The summed E-state index contributed by atoms with van der Waals surface area (Å²) in [5.74, 6) is 0. The Morgan fingerprint density at radius 3 is 2.19 bits per heavy atom. The second-order valence-electron chi connectivity index (χ2n) is 2.74. The fourth-order valence-corrected chi connectivity index (χ4v) is 5.02. The SMILES string of the molecule is O=S(=O)(/C=C/c1ccccc1)SC(Cl)(Cl)Cl. The van der Waals surface area contributed by atoms with E-state index in [4.69, 9.17) is 34.8 Å². The van der Waals surface area contributed by atoms with E-state index in [9.17, 15) is 8.42 Å². The Balaban J connectivity index is 2.78. The fraction of sp³-hybridized carbons (Fsp3) is 0.111. The Kier molecular flexibility index (Phi) is 5.01. The van der Waals surface area contributed by atoms with Crippen molar-refractivity contribution in [2.24, 2.45) is 0 Å². The molecule has 0 saturated carbocycles. The van der Waals surface area contributed by atoms with Gasteiger partial charge in [0.05, 0.1) is 0 Å². The minimum atomic E-state index is -3.60. The molecule has 0 aliphatic rings. The van der Waals surface area contributed by atoms with Crippen LogP contribution in [-0.4, -0.2) is 11.5 Å². The number of alkyl halides is 3. The summed E-state index contributed by atoms with van der Waals surface area (Å²) in [5, 5.41) is 1.01. The molecule has 0 bridgehead atoms. The van der Waals surface area contributed by atoms with Crippen molar-refractivity contribution in [2.75, 3.05) is 0 Å². The van der Waals surface area contributed by atoms with Crippen molar-refractivity contribution in [2.45, 2.75) is 3.12 Å². The van der Waals surface area contributed by atoms with Crippen LogP contribution in [0.1, 0.15) is 5.56 Å². The maximum absolute atomic E-state index is 11.4. The Morgan fingerprint density at radius 2 is 1.69 bits per heavy atom. The van der Waals surface area contributed by atoms with Gasteiger partial charge in [0.2, 0.25) is 8.87 Å². The molecule has 0 saturated heterocycles. The third-order valence-electron chi connectivity index (χ3n) is 1.44. The van der Waals surface area contributed by atoms with Gasteiger partial charge in [-0.15, -0.1) is 0 Å². The molecular weight excluding hydrogens is 311 g/mol. The molecule has 2 nitrogen and oxygen atoms in total. The van der Waals surface area contributed by atoms with Crippen molar-refractivity contribution in [3.63, 3.8) is 0 Å². The van der Waals surface area contributed by atoms with E-state index in [1.807, 2.05) is 6.07 Å². The number of benzene rings is 1. The third kappa shape index (κ3) is 6.01. The number of hydrogen-bond acceptors (Lipinski definition) is 3. The van der Waals surface area contributed by atoms with Gasteiger partial charge >= 0.3 is 0 Å². The largest absolute Gasteiger partial charge is 0.252 e. The first kappa shape index (κ1) is 14.2. The second-order valence-corrected chi connectivity index (χ2v) is 9.62. The molecule has 0 radical (unpaired) electrons. The van der Waals surface area contributed by atoms with Crippen LogP contribution in [0, 0.1) is 0 Å². The lowest BCUT2D eigenvalue weighted by molar-refractivity contribution is 0.618. The van der Waals surface area contributed by atoms with Crippen molar-refractivity contribution in [3.8, 4) is 0 Å². The summed E-state index contributed by atoms with van der Waals surface area (Å²) in [6, 6.07) is 8.97. The topological polar surface area (TPSA) is 34.1 Å². The first-order valence-corrected chi connectivity index (χ1v) is 8.05. The summed E-state index contributed by atoms with van der Waals surface area (Å²) < 4.78 is 21.0. The van der Waals surface area contributed by atoms with Crippen molar-refractivity contribution in [3.05, 3.63) is 41.3 Å². The van der Waals surface area contributed by atoms with Crippen LogP contribution in [0.25, 0.3) is 6.08 Å². The standard InChI is InChI=1S/C9H7Cl3O2S2/c10-9(11,12)15-16(13,14)7-6-8-4-2-1-3-5-8/h1-7H/b7-6+. The highest BCUT2D eigenvalue weighted by molar-refractivity contribution is 8.74. The van der Waals surface area contributed by atoms with Crippen LogP contribution in [0.5, 0.6) is 0 Å². The van der Waals surface area contributed by atoms with E-state index in [0.29, 0.717) is 0 Å². The molecule has 1 rings (SSSR count). The highest BCUT2D eigenvalue weighted by Crippen LogP contribution is 2.42. The minimum absolute atomic E-state index is 0.260. The molecule has 0 aromatic heterocycles. The lowest BCUT2D eigenvalue weighted by atomic mass is 10.2. The predicted octanol–water partition coefficient (Wildman–Crippen LogP) is 4.05. The molecule has 1 aromatic rings. The predicted molar refractivity (Wildman–Crippen MR) is 72.3 cm³/mol. The van der Waals surface area contributed by atoms with Crippen LogP contribution < -0.4 is 0 Å². The first-order valence-electron chi connectivity index (χ1n) is 4.04. The molecule has 0 aliphatic carbocycles. The van der Waals surface area contributed by atoms with E-state index < -0.39 is 12.0 Å². The Labute approximate surface area is 113 Å². The van der Waals surface area contributed by atoms with Crippen molar-refractivity contribution in [1.29, 1.82) is 0 Å². The van der Waals surface area contributed by atoms with Gasteiger partial charge in [-0.3, -0.25) is 0 Å². The second kappa shape index (κ2) is 5.65. The molecule has 0 N–H and O–H groups in total. The maximum Gasteiger partial charge on any atom is 0.252 e. The highest BCUT2D eigenvalue weighted by Gasteiger charge is 2.28. The van der Waals surface area contributed by atoms with Crippen LogP contribution >= 0.6 is 45.6 Å². The Morgan fingerprint density at radius 1 is 1.12 bits per heavy atom. The van der Waals surface area contributed by atoms with Crippen molar-refractivity contribution in [1.82, 2.24) is 0 Å². The summed E-state index contributed by atoms with van der Waals surface area (Å²) in [4.78, 5) is 0. The molecular formula is C9H7Cl3O2S2. The summed E-state index contributed by atoms with van der Waals surface area (Å²) in [5.41, 5.74) is 0.760. The van der Waals surface area contributed by atoms with Crippen LogP contribution in [0.15, 0.2) is 35.7 Å². The van der Waals surface area contributed by atoms with E-state index in [1.54, 1.807) is 24.3 Å². The van der Waals surface area contributed by atoms with Crippen molar-refractivity contribution >= 4 is 60.5 Å². The zero-order valence-electron chi connectivity index (χ0n) is 7.81. The number of hydrogen-bond donors (Lipinski definition) is 0. The van der Waals surface area contributed by atoms with Gasteiger partial charge in [0.1, 0.15) is 0 Å². The molecule has 0 fully saturated rings. The Hall–Kier alpha value is 0.130. The van der Waals surface area contributed by atoms with E-state index in [1.165, 1.54) is 6.08 Å². The van der Waals surface area contributed by atoms with Crippen molar-refractivity contribution < 1.29 is 8.42 Å². The molecule has 7 heteroatoms. The quantitative estimate of drug-likeness (QED) is 0.623. The van der Waals surface area contributed by atoms with Gasteiger partial charge in [-0.1, -0.05) is 65.1 Å². The maximum atomic E-state index is 11.4. The minimum Gasteiger partial charge on any atom is -0.213 e. The molecule has 0 aliphatic heterocycles. The molecule has 0 spiro atoms. The lowest BCUT2D eigenvalue weighted by Crippen LogP contribution is -2.00. The smallest absolute Gasteiger partial charge is 0.213 e. The number of halogens is 3. The average molecular weight is 318 g/mol. The first-order chi connectivity index (χ1) is 7.29. The molecule has 0 atom stereocenters. The van der Waals surface area contributed by atoms with Gasteiger partial charge in [0.25, 0.3) is 3.12 Å². The normalized spacial score (nSPS) is 13.2. The average Bonchev–Trinajstić information content (AvgIpc) is 2.13. The highest BCUT2D eigenvalue weighted by atomic mass is 35.6. The van der Waals surface area contributed by atoms with Gasteiger partial charge in [-0.05, 0) is 11.6 Å². The van der Waals surface area contributed by atoms with Crippen LogP contribution in [0.2, 0.25) is 0 Å². The monoisotopic (exact) mass is 316 g/mol. The molecule has 88 valence electrons. The van der Waals surface area contributed by atoms with Gasteiger partial charge in [0, 0.05) is 16.2 Å². The van der Waals surface area contributed by atoms with E-state index >= 15 is 0 Å². The molecule has 0 amide bonds. The summed E-state index contributed by atoms with van der Waals surface area (Å²) >= 11 is 16.1. The van der Waals surface area contributed by atoms with E-state index in [0.717, 1.165) is 11.0 Å². The molecule has 16 heavy (non-hydrogen) atoms.